The van der Waals surface area contributed by atoms with Gasteiger partial charge < -0.3 is 19.9 Å². The summed E-state index contributed by atoms with van der Waals surface area (Å²) >= 11 is 0. The highest BCUT2D eigenvalue weighted by molar-refractivity contribution is 5.45. The van der Waals surface area contributed by atoms with Crippen LogP contribution >= 0.6 is 0 Å². The summed E-state index contributed by atoms with van der Waals surface area (Å²) in [7, 11) is 0. The van der Waals surface area contributed by atoms with Crippen LogP contribution in [0.5, 0.6) is 0 Å². The van der Waals surface area contributed by atoms with Gasteiger partial charge in [0, 0.05) is 18.7 Å². The van der Waals surface area contributed by atoms with Crippen molar-refractivity contribution in [1.82, 2.24) is 9.97 Å². The number of aliphatic hydroxyl groups excluding tert-OH is 1. The lowest BCUT2D eigenvalue weighted by atomic mass is 9.98. The summed E-state index contributed by atoms with van der Waals surface area (Å²) in [6.45, 7) is 4.81. The summed E-state index contributed by atoms with van der Waals surface area (Å²) < 4.78 is 11.5. The zero-order chi connectivity index (χ0) is 18.4. The number of aliphatic hydroxyl groups is 1. The number of hydrogen-bond donors (Lipinski definition) is 2. The quantitative estimate of drug-likeness (QED) is 0.738. The van der Waals surface area contributed by atoms with Gasteiger partial charge in [-0.3, -0.25) is 0 Å². The van der Waals surface area contributed by atoms with Gasteiger partial charge in [-0.2, -0.15) is 0 Å². The van der Waals surface area contributed by atoms with Crippen molar-refractivity contribution in [3.05, 3.63) is 53.5 Å². The van der Waals surface area contributed by atoms with Crippen molar-refractivity contribution in [3.63, 3.8) is 0 Å². The maximum absolute atomic E-state index is 10.0. The molecule has 0 bridgehead atoms. The highest BCUT2D eigenvalue weighted by Crippen LogP contribution is 2.31. The molecule has 26 heavy (non-hydrogen) atoms. The van der Waals surface area contributed by atoms with E-state index in [0.29, 0.717) is 24.7 Å². The molecule has 1 aliphatic heterocycles. The minimum absolute atomic E-state index is 0.128. The third kappa shape index (κ3) is 4.58. The Morgan fingerprint density at radius 2 is 2.08 bits per heavy atom. The standard InChI is InChI=1S/C20H27N3O3/c1-3-25-20(24)18-14(2)19(23-13-22-18)21-12-16-10-7-11-17(26-16)15-8-5-4-6-9-15/h4-6,8-9,13,16-17,20,24H,3,7,10-12H2,1-2H3,(H,21,22,23)/t16-,17+,20?/m1/s1. The van der Waals surface area contributed by atoms with Crippen molar-refractivity contribution >= 4 is 5.82 Å². The fourth-order valence-corrected chi connectivity index (χ4v) is 3.30. The van der Waals surface area contributed by atoms with Crippen LogP contribution in [0.4, 0.5) is 5.82 Å². The maximum Gasteiger partial charge on any atom is 0.199 e. The Hall–Kier alpha value is -2.02. The van der Waals surface area contributed by atoms with Crippen LogP contribution in [0.2, 0.25) is 0 Å². The minimum atomic E-state index is -1.03. The van der Waals surface area contributed by atoms with Crippen molar-refractivity contribution in [2.24, 2.45) is 0 Å². The summed E-state index contributed by atoms with van der Waals surface area (Å²) in [4.78, 5) is 8.45. The molecule has 3 rings (SSSR count). The third-order valence-electron chi connectivity index (χ3n) is 4.70. The number of ether oxygens (including phenoxy) is 2. The van der Waals surface area contributed by atoms with E-state index >= 15 is 0 Å². The van der Waals surface area contributed by atoms with Crippen LogP contribution in [0.25, 0.3) is 0 Å². The number of benzene rings is 1. The normalized spacial score (nSPS) is 21.3. The van der Waals surface area contributed by atoms with Crippen molar-refractivity contribution < 1.29 is 14.6 Å². The molecule has 3 atom stereocenters. The average Bonchev–Trinajstić information content (AvgIpc) is 2.68. The molecule has 140 valence electrons. The molecule has 2 N–H and O–H groups in total. The largest absolute Gasteiger partial charge is 0.368 e. The van der Waals surface area contributed by atoms with Crippen molar-refractivity contribution in [2.45, 2.75) is 51.6 Å². The highest BCUT2D eigenvalue weighted by Gasteiger charge is 2.24. The summed E-state index contributed by atoms with van der Waals surface area (Å²) in [5.41, 5.74) is 2.53. The zero-order valence-corrected chi connectivity index (χ0v) is 15.4. The van der Waals surface area contributed by atoms with Crippen LogP contribution < -0.4 is 5.32 Å². The van der Waals surface area contributed by atoms with Gasteiger partial charge in [0.2, 0.25) is 0 Å². The molecule has 0 saturated carbocycles. The predicted molar refractivity (Wildman–Crippen MR) is 99.8 cm³/mol. The molecule has 0 aliphatic carbocycles. The minimum Gasteiger partial charge on any atom is -0.368 e. The Bertz CT molecular complexity index is 696. The first-order chi connectivity index (χ1) is 12.7. The molecule has 1 fully saturated rings. The molecule has 0 radical (unpaired) electrons. The molecule has 6 heteroatoms. The SMILES string of the molecule is CCOC(O)c1ncnc(NC[C@H]2CCC[C@@H](c3ccccc3)O2)c1C. The smallest absolute Gasteiger partial charge is 0.199 e. The number of hydrogen-bond acceptors (Lipinski definition) is 6. The molecule has 0 spiro atoms. The van der Waals surface area contributed by atoms with Gasteiger partial charge in [-0.05, 0) is 38.7 Å². The molecule has 0 amide bonds. The van der Waals surface area contributed by atoms with Gasteiger partial charge in [-0.25, -0.2) is 9.97 Å². The third-order valence-corrected chi connectivity index (χ3v) is 4.70. The second-order valence-corrected chi connectivity index (χ2v) is 6.51. The van der Waals surface area contributed by atoms with Crippen LogP contribution in [0.15, 0.2) is 36.7 Å². The Morgan fingerprint density at radius 1 is 1.27 bits per heavy atom. The van der Waals surface area contributed by atoms with E-state index in [4.69, 9.17) is 9.47 Å². The zero-order valence-electron chi connectivity index (χ0n) is 15.4. The molecule has 1 saturated heterocycles. The van der Waals surface area contributed by atoms with Crippen molar-refractivity contribution in [2.75, 3.05) is 18.5 Å². The van der Waals surface area contributed by atoms with E-state index in [1.807, 2.05) is 19.9 Å². The topological polar surface area (TPSA) is 76.5 Å². The fourth-order valence-electron chi connectivity index (χ4n) is 3.30. The second kappa shape index (κ2) is 9.07. The number of aromatic nitrogens is 2. The highest BCUT2D eigenvalue weighted by atomic mass is 16.6. The van der Waals surface area contributed by atoms with Gasteiger partial charge in [0.1, 0.15) is 17.8 Å². The molecule has 1 aromatic carbocycles. The molecule has 6 nitrogen and oxygen atoms in total. The van der Waals surface area contributed by atoms with Gasteiger partial charge in [-0.15, -0.1) is 0 Å². The van der Waals surface area contributed by atoms with Gasteiger partial charge >= 0.3 is 0 Å². The summed E-state index contributed by atoms with van der Waals surface area (Å²) in [5.74, 6) is 0.708. The van der Waals surface area contributed by atoms with E-state index < -0.39 is 6.29 Å². The lowest BCUT2D eigenvalue weighted by Crippen LogP contribution is -2.29. The van der Waals surface area contributed by atoms with E-state index in [1.165, 1.54) is 11.9 Å². The Morgan fingerprint density at radius 3 is 2.85 bits per heavy atom. The van der Waals surface area contributed by atoms with Crippen molar-refractivity contribution in [3.8, 4) is 0 Å². The lowest BCUT2D eigenvalue weighted by molar-refractivity contribution is -0.101. The predicted octanol–water partition coefficient (Wildman–Crippen LogP) is 3.53. The molecule has 2 aromatic rings. The molecule has 1 unspecified atom stereocenters. The lowest BCUT2D eigenvalue weighted by Gasteiger charge is -2.31. The number of nitrogens with one attached hydrogen (secondary N) is 1. The van der Waals surface area contributed by atoms with Crippen LogP contribution in [0.3, 0.4) is 0 Å². The monoisotopic (exact) mass is 357 g/mol. The van der Waals surface area contributed by atoms with Gasteiger partial charge in [0.15, 0.2) is 6.29 Å². The van der Waals surface area contributed by atoms with E-state index in [2.05, 4.69) is 39.6 Å². The first kappa shape index (κ1) is 18.8. The van der Waals surface area contributed by atoms with E-state index in [1.54, 1.807) is 0 Å². The Labute approximate surface area is 154 Å². The van der Waals surface area contributed by atoms with Crippen LogP contribution in [-0.4, -0.2) is 34.3 Å². The number of anilines is 1. The van der Waals surface area contributed by atoms with E-state index in [0.717, 1.165) is 24.8 Å². The first-order valence-corrected chi connectivity index (χ1v) is 9.24. The van der Waals surface area contributed by atoms with Gasteiger partial charge in [0.25, 0.3) is 0 Å². The van der Waals surface area contributed by atoms with Gasteiger partial charge in [-0.1, -0.05) is 30.3 Å². The van der Waals surface area contributed by atoms with Crippen LogP contribution in [-0.2, 0) is 9.47 Å². The molecule has 1 aromatic heterocycles. The summed E-state index contributed by atoms with van der Waals surface area (Å²) in [6.07, 6.45) is 3.91. The number of rotatable bonds is 7. The van der Waals surface area contributed by atoms with Crippen LogP contribution in [0, 0.1) is 6.92 Å². The summed E-state index contributed by atoms with van der Waals surface area (Å²) in [6, 6.07) is 10.4. The summed E-state index contributed by atoms with van der Waals surface area (Å²) in [5, 5.41) is 13.4. The molecular formula is C20H27N3O3. The van der Waals surface area contributed by atoms with E-state index in [9.17, 15) is 5.11 Å². The number of nitrogens with zero attached hydrogens (tertiary/aromatic N) is 2. The maximum atomic E-state index is 10.0. The first-order valence-electron chi connectivity index (χ1n) is 9.24. The molecule has 1 aliphatic rings. The van der Waals surface area contributed by atoms with Crippen LogP contribution in [0.1, 0.15) is 55.4 Å². The molecule has 2 heterocycles. The van der Waals surface area contributed by atoms with E-state index in [-0.39, 0.29) is 12.2 Å². The van der Waals surface area contributed by atoms with Gasteiger partial charge in [0.05, 0.1) is 12.2 Å². The average molecular weight is 357 g/mol. The second-order valence-electron chi connectivity index (χ2n) is 6.51. The Balaban J connectivity index is 1.61. The van der Waals surface area contributed by atoms with Crippen molar-refractivity contribution in [1.29, 1.82) is 0 Å². The fraction of sp³-hybridized carbons (Fsp3) is 0.500. The Kier molecular flexibility index (Phi) is 6.55. The molecular weight excluding hydrogens is 330 g/mol.